The standard InChI is InChI=1S/C21H25Cl2N3O2/c1-14-5-4-6-19(15(14)2)25-21(28)13-26(3)12-20(27)24-10-9-16-7-8-17(22)11-18(16)23/h4-8,11H,9-10,12-13H2,1-3H3,(H,24,27)(H,25,28)/p+1. The quantitative estimate of drug-likeness (QED) is 0.611. The Bertz CT molecular complexity index is 856. The van der Waals surface area contributed by atoms with Crippen LogP contribution in [0.4, 0.5) is 5.69 Å². The Labute approximate surface area is 176 Å². The molecular weight excluding hydrogens is 397 g/mol. The molecule has 0 aliphatic rings. The van der Waals surface area contributed by atoms with Crippen molar-refractivity contribution in [3.05, 3.63) is 63.1 Å². The molecule has 0 saturated heterocycles. The van der Waals surface area contributed by atoms with Gasteiger partial charge in [-0.15, -0.1) is 0 Å². The van der Waals surface area contributed by atoms with E-state index < -0.39 is 0 Å². The van der Waals surface area contributed by atoms with Crippen molar-refractivity contribution in [3.63, 3.8) is 0 Å². The Kier molecular flexibility index (Phi) is 8.30. The van der Waals surface area contributed by atoms with Crippen molar-refractivity contribution in [3.8, 4) is 0 Å². The van der Waals surface area contributed by atoms with Gasteiger partial charge in [-0.25, -0.2) is 0 Å². The molecule has 28 heavy (non-hydrogen) atoms. The second-order valence-electron chi connectivity index (χ2n) is 6.94. The number of amides is 2. The smallest absolute Gasteiger partial charge is 0.279 e. The van der Waals surface area contributed by atoms with Gasteiger partial charge in [0.15, 0.2) is 13.1 Å². The van der Waals surface area contributed by atoms with E-state index in [0.717, 1.165) is 27.3 Å². The highest BCUT2D eigenvalue weighted by atomic mass is 35.5. The van der Waals surface area contributed by atoms with E-state index in [-0.39, 0.29) is 24.9 Å². The predicted octanol–water partition coefficient (Wildman–Crippen LogP) is 2.42. The minimum atomic E-state index is -0.119. The van der Waals surface area contributed by atoms with E-state index in [1.165, 1.54) is 0 Å². The topological polar surface area (TPSA) is 62.6 Å². The molecule has 1 atom stereocenters. The maximum absolute atomic E-state index is 12.2. The Balaban J connectivity index is 1.74. The van der Waals surface area contributed by atoms with Gasteiger partial charge in [-0.1, -0.05) is 41.4 Å². The first-order valence-corrected chi connectivity index (χ1v) is 9.90. The first-order chi connectivity index (χ1) is 13.3. The summed E-state index contributed by atoms with van der Waals surface area (Å²) in [6, 6.07) is 11.1. The van der Waals surface area contributed by atoms with Gasteiger partial charge < -0.3 is 15.5 Å². The van der Waals surface area contributed by atoms with Crippen molar-refractivity contribution in [2.75, 3.05) is 32.0 Å². The largest absolute Gasteiger partial charge is 0.351 e. The lowest BCUT2D eigenvalue weighted by molar-refractivity contribution is -0.862. The van der Waals surface area contributed by atoms with Gasteiger partial charge in [0.2, 0.25) is 0 Å². The molecule has 0 heterocycles. The molecule has 2 aromatic carbocycles. The molecule has 0 spiro atoms. The zero-order valence-corrected chi connectivity index (χ0v) is 17.9. The first kappa shape index (κ1) is 22.2. The molecule has 0 fully saturated rings. The zero-order chi connectivity index (χ0) is 20.7. The number of carbonyl (C=O) groups excluding carboxylic acids is 2. The van der Waals surface area contributed by atoms with Gasteiger partial charge in [0.1, 0.15) is 0 Å². The summed E-state index contributed by atoms with van der Waals surface area (Å²) in [5, 5.41) is 6.95. The van der Waals surface area contributed by atoms with Crippen LogP contribution in [-0.4, -0.2) is 38.5 Å². The van der Waals surface area contributed by atoms with Crippen LogP contribution in [0.15, 0.2) is 36.4 Å². The third-order valence-electron chi connectivity index (χ3n) is 4.54. The number of benzene rings is 2. The summed E-state index contributed by atoms with van der Waals surface area (Å²) in [6.07, 6.45) is 0.619. The fourth-order valence-corrected chi connectivity index (χ4v) is 3.32. The summed E-state index contributed by atoms with van der Waals surface area (Å²) in [5.74, 6) is -0.228. The third-order valence-corrected chi connectivity index (χ3v) is 5.12. The minimum Gasteiger partial charge on any atom is -0.351 e. The lowest BCUT2D eigenvalue weighted by Gasteiger charge is -2.15. The number of rotatable bonds is 8. The number of carbonyl (C=O) groups is 2. The molecule has 1 unspecified atom stereocenters. The third kappa shape index (κ3) is 6.82. The Morgan fingerprint density at radius 1 is 1.04 bits per heavy atom. The Morgan fingerprint density at radius 3 is 2.46 bits per heavy atom. The fraction of sp³-hybridized carbons (Fsp3) is 0.333. The van der Waals surface area contributed by atoms with Crippen molar-refractivity contribution < 1.29 is 14.5 Å². The maximum atomic E-state index is 12.2. The van der Waals surface area contributed by atoms with Crippen LogP contribution in [0.2, 0.25) is 10.0 Å². The summed E-state index contributed by atoms with van der Waals surface area (Å²) in [7, 11) is 1.82. The molecule has 5 nitrogen and oxygen atoms in total. The SMILES string of the molecule is Cc1cccc(NC(=O)C[NH+](C)CC(=O)NCCc2ccc(Cl)cc2Cl)c1C. The molecule has 0 aliphatic heterocycles. The summed E-state index contributed by atoms with van der Waals surface area (Å²) < 4.78 is 0. The number of quaternary nitrogens is 1. The molecular formula is C21H26Cl2N3O2+. The summed E-state index contributed by atoms with van der Waals surface area (Å²) in [6.45, 7) is 4.88. The highest BCUT2D eigenvalue weighted by Gasteiger charge is 2.15. The lowest BCUT2D eigenvalue weighted by Crippen LogP contribution is -3.11. The first-order valence-electron chi connectivity index (χ1n) is 9.14. The summed E-state index contributed by atoms with van der Waals surface area (Å²) in [4.78, 5) is 25.2. The van der Waals surface area contributed by atoms with E-state index in [1.807, 2.05) is 45.2 Å². The van der Waals surface area contributed by atoms with E-state index in [0.29, 0.717) is 23.0 Å². The minimum absolute atomic E-state index is 0.109. The molecule has 150 valence electrons. The average Bonchev–Trinajstić information content (AvgIpc) is 2.60. The Hall–Kier alpha value is -2.08. The maximum Gasteiger partial charge on any atom is 0.279 e. The fourth-order valence-electron chi connectivity index (χ4n) is 2.82. The van der Waals surface area contributed by atoms with Gasteiger partial charge in [-0.2, -0.15) is 0 Å². The van der Waals surface area contributed by atoms with Crippen LogP contribution in [0.5, 0.6) is 0 Å². The normalized spacial score (nSPS) is 11.8. The number of aryl methyl sites for hydroxylation is 1. The summed E-state index contributed by atoms with van der Waals surface area (Å²) >= 11 is 12.0. The highest BCUT2D eigenvalue weighted by Crippen LogP contribution is 2.21. The van der Waals surface area contributed by atoms with E-state index >= 15 is 0 Å². The van der Waals surface area contributed by atoms with Gasteiger partial charge in [0.05, 0.1) is 7.05 Å². The van der Waals surface area contributed by atoms with Crippen molar-refractivity contribution in [2.45, 2.75) is 20.3 Å². The van der Waals surface area contributed by atoms with Gasteiger partial charge >= 0.3 is 0 Å². The van der Waals surface area contributed by atoms with Crippen LogP contribution in [-0.2, 0) is 16.0 Å². The van der Waals surface area contributed by atoms with E-state index in [9.17, 15) is 9.59 Å². The average molecular weight is 423 g/mol. The monoisotopic (exact) mass is 422 g/mol. The molecule has 0 saturated carbocycles. The predicted molar refractivity (Wildman–Crippen MR) is 114 cm³/mol. The van der Waals surface area contributed by atoms with Crippen LogP contribution in [0.25, 0.3) is 0 Å². The molecule has 0 aliphatic carbocycles. The highest BCUT2D eigenvalue weighted by molar-refractivity contribution is 6.35. The van der Waals surface area contributed by atoms with E-state index in [1.54, 1.807) is 12.1 Å². The van der Waals surface area contributed by atoms with E-state index in [2.05, 4.69) is 10.6 Å². The molecule has 2 amide bonds. The number of likely N-dealkylation sites (N-methyl/N-ethyl adjacent to an activating group) is 1. The molecule has 3 N–H and O–H groups in total. The molecule has 0 aromatic heterocycles. The number of halogens is 2. The van der Waals surface area contributed by atoms with Crippen molar-refractivity contribution in [1.82, 2.24) is 5.32 Å². The number of hydrogen-bond donors (Lipinski definition) is 3. The zero-order valence-electron chi connectivity index (χ0n) is 16.4. The molecule has 2 aromatic rings. The molecule has 7 heteroatoms. The second kappa shape index (κ2) is 10.5. The van der Waals surface area contributed by atoms with Crippen LogP contribution in [0.3, 0.4) is 0 Å². The van der Waals surface area contributed by atoms with Crippen molar-refractivity contribution >= 4 is 40.7 Å². The molecule has 0 radical (unpaired) electrons. The number of hydrogen-bond acceptors (Lipinski definition) is 2. The molecule has 0 bridgehead atoms. The van der Waals surface area contributed by atoms with E-state index in [4.69, 9.17) is 23.2 Å². The van der Waals surface area contributed by atoms with Crippen LogP contribution in [0, 0.1) is 13.8 Å². The number of anilines is 1. The van der Waals surface area contributed by atoms with Gasteiger partial charge in [0, 0.05) is 22.3 Å². The lowest BCUT2D eigenvalue weighted by atomic mass is 10.1. The van der Waals surface area contributed by atoms with Crippen LogP contribution >= 0.6 is 23.2 Å². The van der Waals surface area contributed by atoms with Crippen molar-refractivity contribution in [1.29, 1.82) is 0 Å². The van der Waals surface area contributed by atoms with Gasteiger partial charge in [-0.05, 0) is 55.2 Å². The summed E-state index contributed by atoms with van der Waals surface area (Å²) in [5.41, 5.74) is 3.91. The van der Waals surface area contributed by atoms with Gasteiger partial charge in [0.25, 0.3) is 11.8 Å². The second-order valence-corrected chi connectivity index (χ2v) is 7.79. The van der Waals surface area contributed by atoms with Gasteiger partial charge in [-0.3, -0.25) is 9.59 Å². The van der Waals surface area contributed by atoms with Crippen molar-refractivity contribution in [2.24, 2.45) is 0 Å². The Morgan fingerprint density at radius 2 is 1.75 bits per heavy atom. The molecule has 2 rings (SSSR count). The number of nitrogens with one attached hydrogen (secondary N) is 3. The van der Waals surface area contributed by atoms with Crippen LogP contribution in [0.1, 0.15) is 16.7 Å². The van der Waals surface area contributed by atoms with Crippen LogP contribution < -0.4 is 15.5 Å².